The monoisotopic (exact) mass is 434 g/mol. The zero-order chi connectivity index (χ0) is 21.1. The fourth-order valence-electron chi connectivity index (χ4n) is 4.08. The average molecular weight is 435 g/mol. The number of nitrogens with one attached hydrogen (secondary N) is 2. The van der Waals surface area contributed by atoms with Gasteiger partial charge in [-0.15, -0.1) is 0 Å². The summed E-state index contributed by atoms with van der Waals surface area (Å²) in [6.45, 7) is 1.46. The molecule has 0 radical (unpaired) electrons. The van der Waals surface area contributed by atoms with Crippen LogP contribution in [0.15, 0.2) is 10.9 Å². The van der Waals surface area contributed by atoms with Gasteiger partial charge in [0.2, 0.25) is 0 Å². The van der Waals surface area contributed by atoms with E-state index in [4.69, 9.17) is 10.00 Å². The van der Waals surface area contributed by atoms with Crippen molar-refractivity contribution in [3.8, 4) is 6.07 Å². The number of nitrogens with zero attached hydrogens (tertiary/aromatic N) is 2. The smallest absolute Gasteiger partial charge is 0.261 e. The summed E-state index contributed by atoms with van der Waals surface area (Å²) in [6, 6.07) is 3.64. The Bertz CT molecular complexity index is 1010. The molecule has 6 nitrogen and oxygen atoms in total. The standard InChI is InChI=1S/C21H24F2N4O2S/c22-19-16(25-13-3-1-12(10-24)2-4-13)9-15-18(20(19)23)21(28)27-17(26-15)11-30-14-5-7-29-8-6-14/h9,12-14,25H,1-8,11H2,(H,26,27,28)/t12-,13-. The predicted octanol–water partition coefficient (Wildman–Crippen LogP) is 4.11. The first-order valence-electron chi connectivity index (χ1n) is 10.3. The van der Waals surface area contributed by atoms with Crippen LogP contribution in [-0.4, -0.2) is 34.5 Å². The van der Waals surface area contributed by atoms with Gasteiger partial charge >= 0.3 is 0 Å². The van der Waals surface area contributed by atoms with Crippen LogP contribution >= 0.6 is 11.8 Å². The lowest BCUT2D eigenvalue weighted by Crippen LogP contribution is -2.26. The van der Waals surface area contributed by atoms with E-state index >= 15 is 0 Å². The molecular formula is C21H24F2N4O2S. The molecule has 4 rings (SSSR count). The van der Waals surface area contributed by atoms with E-state index < -0.39 is 17.2 Å². The molecule has 2 fully saturated rings. The zero-order valence-corrected chi connectivity index (χ0v) is 17.4. The van der Waals surface area contributed by atoms with Gasteiger partial charge < -0.3 is 15.0 Å². The Morgan fingerprint density at radius 2 is 1.93 bits per heavy atom. The summed E-state index contributed by atoms with van der Waals surface area (Å²) in [6.07, 6.45) is 4.80. The van der Waals surface area contributed by atoms with E-state index in [1.54, 1.807) is 11.8 Å². The molecule has 0 bridgehead atoms. The van der Waals surface area contributed by atoms with Crippen molar-refractivity contribution in [3.63, 3.8) is 0 Å². The molecule has 2 heterocycles. The Kier molecular flexibility index (Phi) is 6.54. The van der Waals surface area contributed by atoms with Crippen LogP contribution in [0.4, 0.5) is 14.5 Å². The number of anilines is 1. The molecule has 0 spiro atoms. The maximum absolute atomic E-state index is 14.7. The molecule has 1 aliphatic carbocycles. The summed E-state index contributed by atoms with van der Waals surface area (Å²) in [4.78, 5) is 19.4. The summed E-state index contributed by atoms with van der Waals surface area (Å²) in [7, 11) is 0. The molecule has 0 amide bonds. The van der Waals surface area contributed by atoms with Gasteiger partial charge in [0.05, 0.1) is 23.0 Å². The van der Waals surface area contributed by atoms with Crippen LogP contribution in [0, 0.1) is 28.9 Å². The van der Waals surface area contributed by atoms with Gasteiger partial charge in [0.1, 0.15) is 11.2 Å². The first-order valence-corrected chi connectivity index (χ1v) is 11.4. The fourth-order valence-corrected chi connectivity index (χ4v) is 5.14. The van der Waals surface area contributed by atoms with Gasteiger partial charge in [0.15, 0.2) is 11.6 Å². The van der Waals surface area contributed by atoms with E-state index in [0.29, 0.717) is 29.7 Å². The number of hydrogen-bond donors (Lipinski definition) is 2. The Balaban J connectivity index is 1.55. The van der Waals surface area contributed by atoms with Gasteiger partial charge in [-0.25, -0.2) is 13.8 Å². The summed E-state index contributed by atoms with van der Waals surface area (Å²) in [5, 5.41) is 12.1. The Labute approximate surface area is 177 Å². The largest absolute Gasteiger partial charge is 0.381 e. The van der Waals surface area contributed by atoms with Crippen molar-refractivity contribution in [1.29, 1.82) is 5.26 Å². The molecule has 2 aromatic rings. The maximum atomic E-state index is 14.7. The quantitative estimate of drug-likeness (QED) is 0.736. The maximum Gasteiger partial charge on any atom is 0.261 e. The van der Waals surface area contributed by atoms with Gasteiger partial charge in [-0.3, -0.25) is 4.79 Å². The van der Waals surface area contributed by atoms with Crippen LogP contribution in [0.3, 0.4) is 0 Å². The zero-order valence-electron chi connectivity index (χ0n) is 16.5. The molecular weight excluding hydrogens is 410 g/mol. The molecule has 1 aliphatic heterocycles. The normalized spacial score (nSPS) is 22.7. The predicted molar refractivity (Wildman–Crippen MR) is 112 cm³/mol. The number of rotatable bonds is 5. The molecule has 1 aromatic heterocycles. The van der Waals surface area contributed by atoms with Crippen molar-refractivity contribution >= 4 is 28.4 Å². The van der Waals surface area contributed by atoms with Gasteiger partial charge in [-0.1, -0.05) is 0 Å². The fraction of sp³-hybridized carbons (Fsp3) is 0.571. The molecule has 0 unspecified atom stereocenters. The lowest BCUT2D eigenvalue weighted by Gasteiger charge is -2.26. The van der Waals surface area contributed by atoms with E-state index in [9.17, 15) is 13.6 Å². The minimum atomic E-state index is -1.18. The van der Waals surface area contributed by atoms with Crippen LogP contribution in [0.25, 0.3) is 10.9 Å². The molecule has 1 saturated heterocycles. The van der Waals surface area contributed by atoms with Crippen molar-refractivity contribution in [3.05, 3.63) is 33.9 Å². The number of nitriles is 1. The number of ether oxygens (including phenoxy) is 1. The topological polar surface area (TPSA) is 90.8 Å². The highest BCUT2D eigenvalue weighted by molar-refractivity contribution is 7.99. The number of thioether (sulfide) groups is 1. The molecule has 30 heavy (non-hydrogen) atoms. The van der Waals surface area contributed by atoms with Crippen molar-refractivity contribution < 1.29 is 13.5 Å². The second-order valence-corrected chi connectivity index (χ2v) is 9.19. The molecule has 2 N–H and O–H groups in total. The molecule has 9 heteroatoms. The molecule has 2 aliphatic rings. The van der Waals surface area contributed by atoms with Crippen molar-refractivity contribution in [2.75, 3.05) is 18.5 Å². The lowest BCUT2D eigenvalue weighted by atomic mass is 9.87. The summed E-state index contributed by atoms with van der Waals surface area (Å²) in [5.41, 5.74) is -0.505. The van der Waals surface area contributed by atoms with Gasteiger partial charge in [0.25, 0.3) is 5.56 Å². The third kappa shape index (κ3) is 4.60. The van der Waals surface area contributed by atoms with Crippen molar-refractivity contribution in [1.82, 2.24) is 9.97 Å². The Morgan fingerprint density at radius 1 is 1.20 bits per heavy atom. The highest BCUT2D eigenvalue weighted by Gasteiger charge is 2.24. The second kappa shape index (κ2) is 9.31. The van der Waals surface area contributed by atoms with Gasteiger partial charge in [-0.2, -0.15) is 17.0 Å². The number of benzene rings is 1. The van der Waals surface area contributed by atoms with E-state index in [-0.39, 0.29) is 28.6 Å². The summed E-state index contributed by atoms with van der Waals surface area (Å²) in [5.74, 6) is -1.28. The Morgan fingerprint density at radius 3 is 2.63 bits per heavy atom. The molecule has 1 aromatic carbocycles. The number of hydrogen-bond acceptors (Lipinski definition) is 6. The minimum absolute atomic E-state index is 0.0153. The highest BCUT2D eigenvalue weighted by atomic mass is 32.2. The SMILES string of the molecule is N#C[C@H]1CC[C@H](Nc2cc3nc(CSC4CCOCC4)[nH]c(=O)c3c(F)c2F)CC1. The molecule has 0 atom stereocenters. The molecule has 1 saturated carbocycles. The van der Waals surface area contributed by atoms with Crippen LogP contribution < -0.4 is 10.9 Å². The summed E-state index contributed by atoms with van der Waals surface area (Å²) >= 11 is 1.69. The number of fused-ring (bicyclic) bond motifs is 1. The first kappa shape index (κ1) is 21.1. The third-order valence-corrected chi connectivity index (χ3v) is 7.20. The van der Waals surface area contributed by atoms with Crippen molar-refractivity contribution in [2.45, 2.75) is 55.6 Å². The van der Waals surface area contributed by atoms with E-state index in [2.05, 4.69) is 21.4 Å². The number of aromatic amines is 1. The van der Waals surface area contributed by atoms with Crippen LogP contribution in [0.1, 0.15) is 44.3 Å². The van der Waals surface area contributed by atoms with E-state index in [1.807, 2.05) is 0 Å². The number of aromatic nitrogens is 2. The minimum Gasteiger partial charge on any atom is -0.381 e. The number of halogens is 2. The first-order chi connectivity index (χ1) is 14.5. The van der Waals surface area contributed by atoms with Gasteiger partial charge in [0, 0.05) is 30.4 Å². The highest BCUT2D eigenvalue weighted by Crippen LogP contribution is 2.30. The van der Waals surface area contributed by atoms with E-state index in [0.717, 1.165) is 38.9 Å². The summed E-state index contributed by atoms with van der Waals surface area (Å²) < 4.78 is 34.6. The van der Waals surface area contributed by atoms with Crippen LogP contribution in [0.5, 0.6) is 0 Å². The Hall–Kier alpha value is -2.18. The third-order valence-electron chi connectivity index (χ3n) is 5.82. The lowest BCUT2D eigenvalue weighted by molar-refractivity contribution is 0.1000. The molecule has 160 valence electrons. The second-order valence-electron chi connectivity index (χ2n) is 7.90. The average Bonchev–Trinajstić information content (AvgIpc) is 2.76. The van der Waals surface area contributed by atoms with Gasteiger partial charge in [-0.05, 0) is 44.6 Å². The van der Waals surface area contributed by atoms with Crippen LogP contribution in [0.2, 0.25) is 0 Å². The van der Waals surface area contributed by atoms with Crippen LogP contribution in [-0.2, 0) is 10.5 Å². The van der Waals surface area contributed by atoms with Crippen molar-refractivity contribution in [2.24, 2.45) is 5.92 Å². The van der Waals surface area contributed by atoms with E-state index in [1.165, 1.54) is 6.07 Å². The number of H-pyrrole nitrogens is 1.